The monoisotopic (exact) mass is 333 g/mol. The Kier molecular flexibility index (Phi) is 4.94. The summed E-state index contributed by atoms with van der Waals surface area (Å²) < 4.78 is 1.01. The number of halogens is 1. The number of nitrogens with one attached hydrogen (secondary N) is 1. The molecule has 1 aliphatic rings. The third kappa shape index (κ3) is 3.73. The molecule has 1 amide bonds. The summed E-state index contributed by atoms with van der Waals surface area (Å²) in [5.74, 6) is 0.0690. The highest BCUT2D eigenvalue weighted by atomic mass is 79.9. The van der Waals surface area contributed by atoms with Crippen LogP contribution in [0.2, 0.25) is 0 Å². The van der Waals surface area contributed by atoms with Crippen LogP contribution in [0.5, 0.6) is 0 Å². The number of carbonyl (C=O) groups excluding carboxylic acids is 1. The van der Waals surface area contributed by atoms with Gasteiger partial charge in [-0.05, 0) is 53.9 Å². The minimum absolute atomic E-state index is 0.0690. The quantitative estimate of drug-likeness (QED) is 0.908. The Morgan fingerprint density at radius 1 is 1.47 bits per heavy atom. The van der Waals surface area contributed by atoms with Crippen LogP contribution < -0.4 is 5.32 Å². The minimum atomic E-state index is 0.0690. The Labute approximate surface area is 119 Å². The summed E-state index contributed by atoms with van der Waals surface area (Å²) in [6, 6.07) is 2.25. The van der Waals surface area contributed by atoms with Crippen molar-refractivity contribution in [1.29, 1.82) is 0 Å². The van der Waals surface area contributed by atoms with E-state index in [0.29, 0.717) is 6.04 Å². The molecule has 94 valence electrons. The van der Waals surface area contributed by atoms with Crippen LogP contribution in [0.15, 0.2) is 15.2 Å². The second-order valence-electron chi connectivity index (χ2n) is 4.32. The van der Waals surface area contributed by atoms with E-state index in [-0.39, 0.29) is 5.91 Å². The smallest absolute Gasteiger partial charge is 0.252 e. The standard InChI is InChI=1S/C12H16BrNOS2/c1-16-10-4-2-9(3-5-10)14-12(15)8-6-11(13)17-7-8/h6-7,9-10H,2-5H2,1H3,(H,14,15). The molecule has 0 aromatic carbocycles. The van der Waals surface area contributed by atoms with E-state index in [1.54, 1.807) is 11.3 Å². The van der Waals surface area contributed by atoms with Gasteiger partial charge in [0.15, 0.2) is 0 Å². The third-order valence-electron chi connectivity index (χ3n) is 3.17. The van der Waals surface area contributed by atoms with Crippen molar-refractivity contribution in [1.82, 2.24) is 5.32 Å². The average molecular weight is 334 g/mol. The molecule has 1 aromatic rings. The molecule has 1 fully saturated rings. The summed E-state index contributed by atoms with van der Waals surface area (Å²) in [7, 11) is 0. The highest BCUT2D eigenvalue weighted by Crippen LogP contribution is 2.27. The fourth-order valence-electron chi connectivity index (χ4n) is 2.14. The number of hydrogen-bond acceptors (Lipinski definition) is 3. The zero-order valence-corrected chi connectivity index (χ0v) is 13.0. The second kappa shape index (κ2) is 6.25. The Morgan fingerprint density at radius 3 is 2.71 bits per heavy atom. The van der Waals surface area contributed by atoms with Gasteiger partial charge in [-0.2, -0.15) is 11.8 Å². The number of hydrogen-bond donors (Lipinski definition) is 1. The van der Waals surface area contributed by atoms with Crippen LogP contribution in [0.25, 0.3) is 0 Å². The molecule has 17 heavy (non-hydrogen) atoms. The lowest BCUT2D eigenvalue weighted by atomic mass is 9.95. The first-order valence-corrected chi connectivity index (χ1v) is 8.73. The molecule has 5 heteroatoms. The van der Waals surface area contributed by atoms with Crippen LogP contribution >= 0.6 is 39.0 Å². The number of thiophene rings is 1. The van der Waals surface area contributed by atoms with Gasteiger partial charge in [0.05, 0.1) is 9.35 Å². The van der Waals surface area contributed by atoms with Gasteiger partial charge in [0.2, 0.25) is 0 Å². The first-order valence-electron chi connectivity index (χ1n) is 5.76. The highest BCUT2D eigenvalue weighted by molar-refractivity contribution is 9.11. The maximum atomic E-state index is 11.9. The molecular formula is C12H16BrNOS2. The summed E-state index contributed by atoms with van der Waals surface area (Å²) in [6.45, 7) is 0. The molecule has 1 N–H and O–H groups in total. The molecule has 0 atom stereocenters. The number of amides is 1. The van der Waals surface area contributed by atoms with Crippen molar-refractivity contribution < 1.29 is 4.79 Å². The van der Waals surface area contributed by atoms with E-state index in [1.807, 2.05) is 23.2 Å². The van der Waals surface area contributed by atoms with E-state index in [9.17, 15) is 4.79 Å². The van der Waals surface area contributed by atoms with Crippen molar-refractivity contribution in [3.8, 4) is 0 Å². The topological polar surface area (TPSA) is 29.1 Å². The van der Waals surface area contributed by atoms with Crippen molar-refractivity contribution in [2.75, 3.05) is 6.26 Å². The van der Waals surface area contributed by atoms with Gasteiger partial charge in [0.1, 0.15) is 0 Å². The summed E-state index contributed by atoms with van der Waals surface area (Å²) in [5.41, 5.74) is 0.772. The SMILES string of the molecule is CSC1CCC(NC(=O)c2csc(Br)c2)CC1. The van der Waals surface area contributed by atoms with Gasteiger partial charge in [-0.3, -0.25) is 4.79 Å². The maximum Gasteiger partial charge on any atom is 0.252 e. The second-order valence-corrected chi connectivity index (χ2v) is 7.75. The van der Waals surface area contributed by atoms with Crippen molar-refractivity contribution in [2.45, 2.75) is 37.0 Å². The lowest BCUT2D eigenvalue weighted by molar-refractivity contribution is 0.0928. The number of thioether (sulfide) groups is 1. The molecule has 0 saturated heterocycles. The fourth-order valence-corrected chi connectivity index (χ4v) is 4.02. The van der Waals surface area contributed by atoms with Crippen LogP contribution in [0, 0.1) is 0 Å². The predicted octanol–water partition coefficient (Wildman–Crippen LogP) is 3.91. The third-order valence-corrected chi connectivity index (χ3v) is 5.81. The zero-order valence-electron chi connectivity index (χ0n) is 9.74. The molecule has 2 rings (SSSR count). The molecule has 1 aliphatic carbocycles. The first-order chi connectivity index (χ1) is 8.19. The maximum absolute atomic E-state index is 11.9. The van der Waals surface area contributed by atoms with E-state index in [0.717, 1.165) is 27.4 Å². The molecule has 1 heterocycles. The van der Waals surface area contributed by atoms with Gasteiger partial charge >= 0.3 is 0 Å². The van der Waals surface area contributed by atoms with E-state index >= 15 is 0 Å². The van der Waals surface area contributed by atoms with Gasteiger partial charge in [-0.15, -0.1) is 11.3 Å². The van der Waals surface area contributed by atoms with Crippen LogP contribution in [-0.2, 0) is 0 Å². The normalized spacial score (nSPS) is 24.6. The summed E-state index contributed by atoms with van der Waals surface area (Å²) in [5, 5.41) is 5.82. The molecule has 2 nitrogen and oxygen atoms in total. The van der Waals surface area contributed by atoms with Gasteiger partial charge in [0, 0.05) is 16.7 Å². The highest BCUT2D eigenvalue weighted by Gasteiger charge is 2.22. The largest absolute Gasteiger partial charge is 0.349 e. The van der Waals surface area contributed by atoms with Crippen LogP contribution in [0.1, 0.15) is 36.0 Å². The van der Waals surface area contributed by atoms with Crippen LogP contribution in [-0.4, -0.2) is 23.5 Å². The zero-order chi connectivity index (χ0) is 12.3. The molecule has 0 spiro atoms. The van der Waals surface area contributed by atoms with Crippen molar-refractivity contribution in [3.63, 3.8) is 0 Å². The fraction of sp³-hybridized carbons (Fsp3) is 0.583. The summed E-state index contributed by atoms with van der Waals surface area (Å²) in [4.78, 5) is 11.9. The molecule has 0 unspecified atom stereocenters. The Hall–Kier alpha value is -0.000000000000000111. The lowest BCUT2D eigenvalue weighted by Crippen LogP contribution is -2.37. The van der Waals surface area contributed by atoms with Crippen LogP contribution in [0.4, 0.5) is 0 Å². The molecule has 1 saturated carbocycles. The van der Waals surface area contributed by atoms with E-state index in [1.165, 1.54) is 12.8 Å². The minimum Gasteiger partial charge on any atom is -0.349 e. The predicted molar refractivity (Wildman–Crippen MR) is 79.0 cm³/mol. The van der Waals surface area contributed by atoms with Crippen molar-refractivity contribution >= 4 is 44.9 Å². The Balaban J connectivity index is 1.84. The summed E-state index contributed by atoms with van der Waals surface area (Å²) in [6.07, 6.45) is 6.84. The Bertz CT molecular complexity index is 386. The van der Waals surface area contributed by atoms with E-state index < -0.39 is 0 Å². The van der Waals surface area contributed by atoms with Crippen molar-refractivity contribution in [2.24, 2.45) is 0 Å². The number of carbonyl (C=O) groups is 1. The lowest BCUT2D eigenvalue weighted by Gasteiger charge is -2.27. The molecule has 1 aromatic heterocycles. The van der Waals surface area contributed by atoms with E-state index in [4.69, 9.17) is 0 Å². The Morgan fingerprint density at radius 2 is 2.18 bits per heavy atom. The molecule has 0 aliphatic heterocycles. The average Bonchev–Trinajstić information content (AvgIpc) is 2.77. The van der Waals surface area contributed by atoms with Crippen LogP contribution in [0.3, 0.4) is 0 Å². The van der Waals surface area contributed by atoms with Crippen molar-refractivity contribution in [3.05, 3.63) is 20.8 Å². The summed E-state index contributed by atoms with van der Waals surface area (Å²) >= 11 is 6.88. The molecule has 0 bridgehead atoms. The van der Waals surface area contributed by atoms with Gasteiger partial charge in [-0.1, -0.05) is 0 Å². The first kappa shape index (κ1) is 13.4. The molecule has 0 radical (unpaired) electrons. The van der Waals surface area contributed by atoms with Gasteiger partial charge < -0.3 is 5.32 Å². The van der Waals surface area contributed by atoms with Gasteiger partial charge in [0.25, 0.3) is 5.91 Å². The van der Waals surface area contributed by atoms with Gasteiger partial charge in [-0.25, -0.2) is 0 Å². The number of rotatable bonds is 3. The molecular weight excluding hydrogens is 318 g/mol. The van der Waals surface area contributed by atoms with E-state index in [2.05, 4.69) is 27.5 Å².